The SMILES string of the molecule is CCC(C#N)N1CCN(C(=O)C(C)S(C)(=O)=O)CC1. The fourth-order valence-electron chi connectivity index (χ4n) is 2.13. The van der Waals surface area contributed by atoms with Crippen LogP contribution in [0.4, 0.5) is 0 Å². The van der Waals surface area contributed by atoms with Crippen molar-refractivity contribution in [3.8, 4) is 6.07 Å². The van der Waals surface area contributed by atoms with Crippen LogP contribution >= 0.6 is 0 Å². The third kappa shape index (κ3) is 3.91. The monoisotopic (exact) mass is 287 g/mol. The van der Waals surface area contributed by atoms with Crippen LogP contribution in [0, 0.1) is 11.3 Å². The molecule has 0 aromatic rings. The number of nitrogens with zero attached hydrogens (tertiary/aromatic N) is 3. The number of hydrogen-bond acceptors (Lipinski definition) is 5. The highest BCUT2D eigenvalue weighted by Crippen LogP contribution is 2.11. The Labute approximate surface area is 114 Å². The van der Waals surface area contributed by atoms with E-state index in [1.165, 1.54) is 6.92 Å². The average molecular weight is 287 g/mol. The van der Waals surface area contributed by atoms with E-state index in [0.29, 0.717) is 26.2 Å². The predicted octanol–water partition coefficient (Wildman–Crippen LogP) is -0.134. The van der Waals surface area contributed by atoms with Crippen LogP contribution in [-0.2, 0) is 14.6 Å². The van der Waals surface area contributed by atoms with E-state index in [0.717, 1.165) is 12.7 Å². The van der Waals surface area contributed by atoms with Crippen molar-refractivity contribution in [3.05, 3.63) is 0 Å². The molecule has 6 nitrogen and oxygen atoms in total. The minimum Gasteiger partial charge on any atom is -0.339 e. The first-order valence-corrected chi connectivity index (χ1v) is 8.38. The van der Waals surface area contributed by atoms with E-state index in [1.807, 2.05) is 11.8 Å². The lowest BCUT2D eigenvalue weighted by molar-refractivity contribution is -0.132. The maximum Gasteiger partial charge on any atom is 0.240 e. The summed E-state index contributed by atoms with van der Waals surface area (Å²) in [5, 5.41) is 8.01. The van der Waals surface area contributed by atoms with Gasteiger partial charge in [-0.15, -0.1) is 0 Å². The normalized spacial score (nSPS) is 20.6. The lowest BCUT2D eigenvalue weighted by Crippen LogP contribution is -2.54. The molecule has 19 heavy (non-hydrogen) atoms. The number of piperazine rings is 1. The number of hydrogen-bond donors (Lipinski definition) is 0. The molecule has 0 aromatic heterocycles. The molecule has 0 spiro atoms. The molecule has 0 bridgehead atoms. The van der Waals surface area contributed by atoms with E-state index in [1.54, 1.807) is 4.90 Å². The fourth-order valence-corrected chi connectivity index (χ4v) is 2.64. The second-order valence-electron chi connectivity index (χ2n) is 4.89. The summed E-state index contributed by atoms with van der Waals surface area (Å²) >= 11 is 0. The Hall–Kier alpha value is -1.13. The van der Waals surface area contributed by atoms with Crippen molar-refractivity contribution in [1.82, 2.24) is 9.80 Å². The molecule has 1 aliphatic rings. The molecular weight excluding hydrogens is 266 g/mol. The van der Waals surface area contributed by atoms with Crippen LogP contribution in [0.3, 0.4) is 0 Å². The quantitative estimate of drug-likeness (QED) is 0.719. The van der Waals surface area contributed by atoms with E-state index in [4.69, 9.17) is 5.26 Å². The predicted molar refractivity (Wildman–Crippen MR) is 72.2 cm³/mol. The average Bonchev–Trinajstić information content (AvgIpc) is 2.38. The Bertz CT molecular complexity index is 461. The maximum absolute atomic E-state index is 12.0. The van der Waals surface area contributed by atoms with Crippen LogP contribution < -0.4 is 0 Å². The smallest absolute Gasteiger partial charge is 0.240 e. The Kier molecular flexibility index (Phi) is 5.32. The molecule has 2 atom stereocenters. The number of sulfone groups is 1. The van der Waals surface area contributed by atoms with Crippen molar-refractivity contribution >= 4 is 15.7 Å². The van der Waals surface area contributed by atoms with Gasteiger partial charge in [-0.25, -0.2) is 8.42 Å². The molecular formula is C12H21N3O3S. The van der Waals surface area contributed by atoms with Crippen LogP contribution in [0.5, 0.6) is 0 Å². The molecule has 7 heteroatoms. The zero-order valence-corrected chi connectivity index (χ0v) is 12.5. The summed E-state index contributed by atoms with van der Waals surface area (Å²) in [4.78, 5) is 15.6. The summed E-state index contributed by atoms with van der Waals surface area (Å²) in [6.45, 7) is 5.58. The number of amides is 1. The van der Waals surface area contributed by atoms with Gasteiger partial charge in [-0.3, -0.25) is 9.69 Å². The van der Waals surface area contributed by atoms with Gasteiger partial charge >= 0.3 is 0 Å². The molecule has 0 N–H and O–H groups in total. The van der Waals surface area contributed by atoms with Crippen LogP contribution in [-0.4, -0.2) is 67.9 Å². The van der Waals surface area contributed by atoms with Crippen LogP contribution in [0.1, 0.15) is 20.3 Å². The van der Waals surface area contributed by atoms with Crippen molar-refractivity contribution in [2.24, 2.45) is 0 Å². The van der Waals surface area contributed by atoms with Gasteiger partial charge in [0, 0.05) is 32.4 Å². The second kappa shape index (κ2) is 6.35. The molecule has 0 aromatic carbocycles. The molecule has 1 fully saturated rings. The van der Waals surface area contributed by atoms with Crippen LogP contribution in [0.2, 0.25) is 0 Å². The summed E-state index contributed by atoms with van der Waals surface area (Å²) in [5.41, 5.74) is 0. The van der Waals surface area contributed by atoms with Crippen LogP contribution in [0.15, 0.2) is 0 Å². The summed E-state index contributed by atoms with van der Waals surface area (Å²) in [6, 6.07) is 2.12. The van der Waals surface area contributed by atoms with E-state index < -0.39 is 15.1 Å². The number of carbonyl (C=O) groups is 1. The first-order valence-electron chi connectivity index (χ1n) is 6.42. The number of nitriles is 1. The van der Waals surface area contributed by atoms with E-state index >= 15 is 0 Å². The second-order valence-corrected chi connectivity index (χ2v) is 7.25. The van der Waals surface area contributed by atoms with Gasteiger partial charge in [0.2, 0.25) is 5.91 Å². The molecule has 1 aliphatic heterocycles. The molecule has 2 unspecified atom stereocenters. The largest absolute Gasteiger partial charge is 0.339 e. The minimum atomic E-state index is -3.35. The highest BCUT2D eigenvalue weighted by molar-refractivity contribution is 7.92. The van der Waals surface area contributed by atoms with Crippen molar-refractivity contribution in [2.75, 3.05) is 32.4 Å². The van der Waals surface area contributed by atoms with Gasteiger partial charge in [0.05, 0.1) is 12.1 Å². The summed E-state index contributed by atoms with van der Waals surface area (Å²) < 4.78 is 22.8. The molecule has 108 valence electrons. The summed E-state index contributed by atoms with van der Waals surface area (Å²) in [7, 11) is -3.35. The van der Waals surface area contributed by atoms with Gasteiger partial charge in [-0.05, 0) is 13.3 Å². The first-order chi connectivity index (χ1) is 8.81. The molecule has 1 amide bonds. The van der Waals surface area contributed by atoms with Gasteiger partial charge in [-0.1, -0.05) is 6.92 Å². The number of carbonyl (C=O) groups excluding carboxylic acids is 1. The van der Waals surface area contributed by atoms with E-state index in [9.17, 15) is 13.2 Å². The topological polar surface area (TPSA) is 81.5 Å². The van der Waals surface area contributed by atoms with Gasteiger partial charge in [-0.2, -0.15) is 5.26 Å². The zero-order chi connectivity index (χ0) is 14.6. The standard InChI is InChI=1S/C12H21N3O3S/c1-4-11(9-13)14-5-7-15(8-6-14)12(16)10(2)19(3,17)18/h10-11H,4-8H2,1-3H3. The fraction of sp³-hybridized carbons (Fsp3) is 0.833. The molecule has 0 aliphatic carbocycles. The molecule has 0 saturated carbocycles. The van der Waals surface area contributed by atoms with Gasteiger partial charge in [0.15, 0.2) is 9.84 Å². The summed E-state index contributed by atoms with van der Waals surface area (Å²) in [5.74, 6) is -0.341. The highest BCUT2D eigenvalue weighted by atomic mass is 32.2. The molecule has 1 rings (SSSR count). The first kappa shape index (κ1) is 15.9. The zero-order valence-electron chi connectivity index (χ0n) is 11.7. The van der Waals surface area contributed by atoms with Gasteiger partial charge in [0.25, 0.3) is 0 Å². The number of rotatable bonds is 4. The van der Waals surface area contributed by atoms with Crippen molar-refractivity contribution in [2.45, 2.75) is 31.6 Å². The van der Waals surface area contributed by atoms with Crippen molar-refractivity contribution in [1.29, 1.82) is 5.26 Å². The lowest BCUT2D eigenvalue weighted by atomic mass is 10.2. The third-order valence-electron chi connectivity index (χ3n) is 3.59. The Morgan fingerprint density at radius 2 is 1.84 bits per heavy atom. The maximum atomic E-state index is 12.0. The third-order valence-corrected chi connectivity index (χ3v) is 5.08. The minimum absolute atomic E-state index is 0.121. The van der Waals surface area contributed by atoms with E-state index in [2.05, 4.69) is 6.07 Å². The molecule has 1 saturated heterocycles. The van der Waals surface area contributed by atoms with Crippen molar-refractivity contribution in [3.63, 3.8) is 0 Å². The van der Waals surface area contributed by atoms with Gasteiger partial charge in [0.1, 0.15) is 5.25 Å². The van der Waals surface area contributed by atoms with Crippen molar-refractivity contribution < 1.29 is 13.2 Å². The lowest BCUT2D eigenvalue weighted by Gasteiger charge is -2.37. The van der Waals surface area contributed by atoms with Gasteiger partial charge < -0.3 is 4.90 Å². The Morgan fingerprint density at radius 3 is 2.21 bits per heavy atom. The molecule has 0 radical (unpaired) electrons. The Balaban J connectivity index is 2.60. The molecule has 1 heterocycles. The Morgan fingerprint density at radius 1 is 1.32 bits per heavy atom. The highest BCUT2D eigenvalue weighted by Gasteiger charge is 2.31. The summed E-state index contributed by atoms with van der Waals surface area (Å²) in [6.07, 6.45) is 1.83. The van der Waals surface area contributed by atoms with E-state index in [-0.39, 0.29) is 11.9 Å². The van der Waals surface area contributed by atoms with Crippen LogP contribution in [0.25, 0.3) is 0 Å².